The van der Waals surface area contributed by atoms with Gasteiger partial charge in [-0.2, -0.15) is 12.6 Å². The molecule has 0 saturated heterocycles. The van der Waals surface area contributed by atoms with E-state index in [2.05, 4.69) is 42.2 Å². The highest BCUT2D eigenvalue weighted by molar-refractivity contribution is 7.80. The zero-order valence-corrected chi connectivity index (χ0v) is 18.3. The third-order valence-corrected chi connectivity index (χ3v) is 6.14. The number of thiol groups is 1. The van der Waals surface area contributed by atoms with E-state index in [9.17, 15) is 9.59 Å². The van der Waals surface area contributed by atoms with Gasteiger partial charge in [0.2, 0.25) is 5.91 Å². The van der Waals surface area contributed by atoms with Crippen LogP contribution in [0.3, 0.4) is 0 Å². The minimum Gasteiger partial charge on any atom is -0.464 e. The first-order valence-electron chi connectivity index (χ1n) is 10.8. The number of esters is 1. The van der Waals surface area contributed by atoms with Crippen molar-refractivity contribution >= 4 is 35.3 Å². The Hall–Kier alpha value is -2.79. The molecule has 0 bridgehead atoms. The maximum atomic E-state index is 13.0. The Balaban J connectivity index is 1.48. The molecule has 4 rings (SSSR count). The van der Waals surface area contributed by atoms with E-state index in [4.69, 9.17) is 4.74 Å². The van der Waals surface area contributed by atoms with Crippen molar-refractivity contribution in [2.24, 2.45) is 5.92 Å². The van der Waals surface area contributed by atoms with E-state index < -0.39 is 6.04 Å². The molecule has 0 aromatic heterocycles. The van der Waals surface area contributed by atoms with Crippen molar-refractivity contribution in [2.45, 2.75) is 31.7 Å². The molecule has 1 unspecified atom stereocenters. The maximum absolute atomic E-state index is 13.0. The molecule has 3 aromatic rings. The van der Waals surface area contributed by atoms with Crippen LogP contribution in [0.15, 0.2) is 66.7 Å². The number of hydrogen-bond acceptors (Lipinski definition) is 4. The minimum atomic E-state index is -0.711. The van der Waals surface area contributed by atoms with Crippen molar-refractivity contribution in [1.82, 2.24) is 5.32 Å². The summed E-state index contributed by atoms with van der Waals surface area (Å²) < 4.78 is 5.43. The lowest BCUT2D eigenvalue weighted by atomic mass is 10.00. The Kier molecular flexibility index (Phi) is 6.92. The second-order valence-corrected chi connectivity index (χ2v) is 8.51. The average molecular weight is 434 g/mol. The van der Waals surface area contributed by atoms with Gasteiger partial charge < -0.3 is 10.1 Å². The maximum Gasteiger partial charge on any atom is 0.328 e. The van der Waals surface area contributed by atoms with Crippen molar-refractivity contribution in [2.75, 3.05) is 12.4 Å². The number of hydrogen-bond donors (Lipinski definition) is 2. The molecule has 1 aliphatic carbocycles. The van der Waals surface area contributed by atoms with Gasteiger partial charge in [0.25, 0.3) is 0 Å². The Morgan fingerprint density at radius 1 is 0.968 bits per heavy atom. The minimum absolute atomic E-state index is 0.0897. The number of carbonyl (C=O) groups excluding carboxylic acids is 2. The number of rotatable bonds is 8. The summed E-state index contributed by atoms with van der Waals surface area (Å²) in [6, 6.07) is 21.7. The Morgan fingerprint density at radius 3 is 2.35 bits per heavy atom. The molecule has 1 aliphatic rings. The van der Waals surface area contributed by atoms with E-state index >= 15 is 0 Å². The average Bonchev–Trinajstić information content (AvgIpc) is 3.23. The molecular weight excluding hydrogens is 406 g/mol. The van der Waals surface area contributed by atoms with Crippen molar-refractivity contribution in [3.8, 4) is 0 Å². The third-order valence-electron chi connectivity index (χ3n) is 5.82. The second-order valence-electron chi connectivity index (χ2n) is 8.07. The lowest BCUT2D eigenvalue weighted by molar-refractivity contribution is -0.148. The summed E-state index contributed by atoms with van der Waals surface area (Å²) in [6.07, 6.45) is 2.50. The van der Waals surface area contributed by atoms with Gasteiger partial charge in [0.15, 0.2) is 0 Å². The number of amides is 1. The molecule has 3 aromatic carbocycles. The number of nitrogens with one attached hydrogen (secondary N) is 1. The number of benzene rings is 3. The zero-order chi connectivity index (χ0) is 21.6. The molecule has 0 aliphatic heterocycles. The highest BCUT2D eigenvalue weighted by Crippen LogP contribution is 2.27. The molecule has 1 amide bonds. The summed E-state index contributed by atoms with van der Waals surface area (Å²) in [6.45, 7) is 0.307. The molecular formula is C26H27NO3S. The van der Waals surface area contributed by atoms with Crippen LogP contribution in [-0.2, 0) is 33.6 Å². The van der Waals surface area contributed by atoms with E-state index in [0.29, 0.717) is 38.0 Å². The van der Waals surface area contributed by atoms with Crippen molar-refractivity contribution in [3.63, 3.8) is 0 Å². The van der Waals surface area contributed by atoms with E-state index in [1.54, 1.807) is 0 Å². The van der Waals surface area contributed by atoms with E-state index in [1.165, 1.54) is 11.1 Å². The van der Waals surface area contributed by atoms with Gasteiger partial charge in [0.1, 0.15) is 6.04 Å². The fourth-order valence-corrected chi connectivity index (χ4v) is 4.30. The Bertz CT molecular complexity index is 1060. The van der Waals surface area contributed by atoms with Crippen LogP contribution in [0.5, 0.6) is 0 Å². The Morgan fingerprint density at radius 2 is 1.65 bits per heavy atom. The molecule has 0 radical (unpaired) electrons. The van der Waals surface area contributed by atoms with Gasteiger partial charge in [-0.05, 0) is 52.5 Å². The summed E-state index contributed by atoms with van der Waals surface area (Å²) in [5, 5.41) is 5.24. The third kappa shape index (κ3) is 5.28. The lowest BCUT2D eigenvalue weighted by Crippen LogP contribution is -2.46. The molecule has 160 valence electrons. The van der Waals surface area contributed by atoms with Gasteiger partial charge in [0, 0.05) is 12.3 Å². The fourth-order valence-electron chi connectivity index (χ4n) is 4.17. The Labute approximate surface area is 188 Å². The molecule has 1 N–H and O–H groups in total. The molecule has 0 spiro atoms. The normalized spacial score (nSPS) is 14.2. The van der Waals surface area contributed by atoms with E-state index in [1.807, 2.05) is 42.5 Å². The second kappa shape index (κ2) is 10.0. The van der Waals surface area contributed by atoms with Crippen LogP contribution in [-0.4, -0.2) is 30.3 Å². The first-order chi connectivity index (χ1) is 15.1. The van der Waals surface area contributed by atoms with Crippen LogP contribution in [0.1, 0.15) is 23.1 Å². The summed E-state index contributed by atoms with van der Waals surface area (Å²) in [5.74, 6) is 0.0173. The predicted molar refractivity (Wildman–Crippen MR) is 126 cm³/mol. The zero-order valence-electron chi connectivity index (χ0n) is 17.4. The quantitative estimate of drug-likeness (QED) is 0.319. The fraction of sp³-hybridized carbons (Fsp3) is 0.308. The highest BCUT2D eigenvalue weighted by atomic mass is 32.1. The van der Waals surface area contributed by atoms with Crippen molar-refractivity contribution < 1.29 is 14.3 Å². The monoisotopic (exact) mass is 433 g/mol. The van der Waals surface area contributed by atoms with Crippen LogP contribution in [0.2, 0.25) is 0 Å². The van der Waals surface area contributed by atoms with Crippen molar-refractivity contribution in [3.05, 3.63) is 83.4 Å². The molecule has 31 heavy (non-hydrogen) atoms. The molecule has 1 atom stereocenters. The predicted octanol–water partition coefficient (Wildman–Crippen LogP) is 4.15. The number of carbonyl (C=O) groups is 2. The van der Waals surface area contributed by atoms with Crippen LogP contribution in [0, 0.1) is 5.92 Å². The molecule has 0 heterocycles. The van der Waals surface area contributed by atoms with E-state index in [0.717, 1.165) is 16.3 Å². The SMILES string of the molecule is O=C(NC(Cc1ccc2ccccc2c1)C(=O)OCCCS)C1Cc2ccccc2C1. The smallest absolute Gasteiger partial charge is 0.328 e. The van der Waals surface area contributed by atoms with Gasteiger partial charge in [-0.15, -0.1) is 0 Å². The van der Waals surface area contributed by atoms with Crippen LogP contribution in [0.25, 0.3) is 10.8 Å². The molecule has 0 saturated carbocycles. The lowest BCUT2D eigenvalue weighted by Gasteiger charge is -2.20. The summed E-state index contributed by atoms with van der Waals surface area (Å²) in [7, 11) is 0. The summed E-state index contributed by atoms with van der Waals surface area (Å²) in [4.78, 5) is 25.8. The first kappa shape index (κ1) is 21.4. The van der Waals surface area contributed by atoms with E-state index in [-0.39, 0.29) is 17.8 Å². The first-order valence-corrected chi connectivity index (χ1v) is 11.4. The molecule has 5 heteroatoms. The van der Waals surface area contributed by atoms with Crippen LogP contribution in [0.4, 0.5) is 0 Å². The topological polar surface area (TPSA) is 55.4 Å². The summed E-state index contributed by atoms with van der Waals surface area (Å²) in [5.41, 5.74) is 3.42. The van der Waals surface area contributed by atoms with Gasteiger partial charge in [-0.1, -0.05) is 66.7 Å². The van der Waals surface area contributed by atoms with Gasteiger partial charge in [0.05, 0.1) is 6.61 Å². The number of fused-ring (bicyclic) bond motifs is 2. The van der Waals surface area contributed by atoms with Crippen LogP contribution >= 0.6 is 12.6 Å². The van der Waals surface area contributed by atoms with Crippen LogP contribution < -0.4 is 5.32 Å². The number of ether oxygens (including phenoxy) is 1. The highest BCUT2D eigenvalue weighted by Gasteiger charge is 2.31. The standard InChI is InChI=1S/C26H27NO3S/c28-25(23-16-21-8-3-4-9-22(21)17-23)27-24(26(29)30-12-5-13-31)15-18-10-11-19-6-1-2-7-20(19)14-18/h1-4,6-11,14,23-24,31H,5,12-13,15-17H2,(H,27,28). The summed E-state index contributed by atoms with van der Waals surface area (Å²) >= 11 is 4.17. The van der Waals surface area contributed by atoms with Crippen molar-refractivity contribution in [1.29, 1.82) is 0 Å². The van der Waals surface area contributed by atoms with Gasteiger partial charge in [-0.25, -0.2) is 4.79 Å². The molecule has 0 fully saturated rings. The van der Waals surface area contributed by atoms with Gasteiger partial charge >= 0.3 is 5.97 Å². The molecule has 4 nitrogen and oxygen atoms in total. The largest absolute Gasteiger partial charge is 0.464 e. The van der Waals surface area contributed by atoms with Gasteiger partial charge in [-0.3, -0.25) is 4.79 Å².